The topological polar surface area (TPSA) is 15.3 Å². The van der Waals surface area contributed by atoms with Crippen LogP contribution in [0.25, 0.3) is 0 Å². The van der Waals surface area contributed by atoms with Gasteiger partial charge in [0, 0.05) is 12.6 Å². The van der Waals surface area contributed by atoms with Gasteiger partial charge in [0.25, 0.3) is 0 Å². The van der Waals surface area contributed by atoms with E-state index in [1.807, 2.05) is 0 Å². The van der Waals surface area contributed by atoms with Crippen molar-refractivity contribution in [3.05, 3.63) is 12.2 Å². The Balaban J connectivity index is 1.31. The van der Waals surface area contributed by atoms with Gasteiger partial charge in [0.2, 0.25) is 0 Å². The second kappa shape index (κ2) is 10.1. The number of allylic oxidation sites excluding steroid dienone is 2. The minimum Gasteiger partial charge on any atom is -0.317 e. The van der Waals surface area contributed by atoms with Gasteiger partial charge in [-0.2, -0.15) is 0 Å². The van der Waals surface area contributed by atoms with Crippen molar-refractivity contribution in [2.75, 3.05) is 26.7 Å². The Bertz CT molecular complexity index is 381. The number of likely N-dealkylation sites (tertiary alicyclic amines) is 1. The van der Waals surface area contributed by atoms with Crippen LogP contribution in [0, 0.1) is 23.7 Å². The van der Waals surface area contributed by atoms with E-state index >= 15 is 0 Å². The van der Waals surface area contributed by atoms with Crippen LogP contribution in [0.4, 0.5) is 0 Å². The van der Waals surface area contributed by atoms with Crippen molar-refractivity contribution in [1.82, 2.24) is 10.2 Å². The van der Waals surface area contributed by atoms with Crippen LogP contribution >= 0.6 is 0 Å². The Morgan fingerprint density at radius 1 is 0.760 bits per heavy atom. The number of nitrogens with one attached hydrogen (secondary N) is 1. The van der Waals surface area contributed by atoms with Crippen LogP contribution in [0.1, 0.15) is 77.6 Å². The highest BCUT2D eigenvalue weighted by Crippen LogP contribution is 2.32. The van der Waals surface area contributed by atoms with Crippen LogP contribution in [0.5, 0.6) is 0 Å². The first kappa shape index (κ1) is 19.4. The smallest absolute Gasteiger partial charge is 0.00644 e. The van der Waals surface area contributed by atoms with Crippen LogP contribution in [0.15, 0.2) is 12.2 Å². The van der Waals surface area contributed by atoms with E-state index in [4.69, 9.17) is 0 Å². The van der Waals surface area contributed by atoms with Gasteiger partial charge in [-0.3, -0.25) is 0 Å². The van der Waals surface area contributed by atoms with Crippen molar-refractivity contribution in [2.45, 2.75) is 83.6 Å². The highest BCUT2D eigenvalue weighted by Gasteiger charge is 2.24. The summed E-state index contributed by atoms with van der Waals surface area (Å²) in [6, 6.07) is 0.778. The first-order valence-electron chi connectivity index (χ1n) is 11.3. The molecule has 1 N–H and O–H groups in total. The fourth-order valence-electron chi connectivity index (χ4n) is 5.43. The van der Waals surface area contributed by atoms with Gasteiger partial charge >= 0.3 is 0 Å². The van der Waals surface area contributed by atoms with Gasteiger partial charge in [0.1, 0.15) is 0 Å². The Kier molecular flexibility index (Phi) is 7.86. The fraction of sp³-hybridized carbons (Fsp3) is 0.913. The second-order valence-corrected chi connectivity index (χ2v) is 9.22. The molecule has 144 valence electrons. The summed E-state index contributed by atoms with van der Waals surface area (Å²) >= 11 is 0. The molecule has 2 heteroatoms. The molecule has 0 aromatic carbocycles. The molecule has 0 aromatic heterocycles. The van der Waals surface area contributed by atoms with Gasteiger partial charge in [0.15, 0.2) is 0 Å². The van der Waals surface area contributed by atoms with Crippen molar-refractivity contribution in [3.63, 3.8) is 0 Å². The van der Waals surface area contributed by atoms with E-state index in [0.29, 0.717) is 0 Å². The number of rotatable bonds is 6. The fourth-order valence-corrected chi connectivity index (χ4v) is 5.43. The third-order valence-corrected chi connectivity index (χ3v) is 7.53. The molecule has 0 unspecified atom stereocenters. The number of nitrogens with zero attached hydrogens (tertiary/aromatic N) is 1. The highest BCUT2D eigenvalue weighted by atomic mass is 15.1. The van der Waals surface area contributed by atoms with E-state index in [2.05, 4.69) is 36.3 Å². The van der Waals surface area contributed by atoms with E-state index in [9.17, 15) is 0 Å². The van der Waals surface area contributed by atoms with Crippen molar-refractivity contribution >= 4 is 0 Å². The molecule has 2 nitrogen and oxygen atoms in total. The third-order valence-electron chi connectivity index (χ3n) is 7.53. The van der Waals surface area contributed by atoms with Gasteiger partial charge in [-0.05, 0) is 95.2 Å². The van der Waals surface area contributed by atoms with Crippen molar-refractivity contribution in [1.29, 1.82) is 0 Å². The SMILES string of the molecule is CCC1CCC(CN2CCC(C=CC3CCC(NC)CC3)CC2)CC1. The predicted molar refractivity (Wildman–Crippen MR) is 109 cm³/mol. The normalized spacial score (nSPS) is 36.1. The van der Waals surface area contributed by atoms with Crippen LogP contribution in [0.3, 0.4) is 0 Å². The molecular formula is C23H42N2. The third kappa shape index (κ3) is 6.10. The zero-order chi connectivity index (χ0) is 17.5. The average Bonchev–Trinajstić information content (AvgIpc) is 2.68. The summed E-state index contributed by atoms with van der Waals surface area (Å²) in [6.07, 6.45) is 20.9. The van der Waals surface area contributed by atoms with E-state index in [1.165, 1.54) is 90.3 Å². The maximum Gasteiger partial charge on any atom is 0.00644 e. The summed E-state index contributed by atoms with van der Waals surface area (Å²) in [4.78, 5) is 2.78. The number of piperidine rings is 1. The molecule has 1 heterocycles. The molecule has 1 saturated heterocycles. The van der Waals surface area contributed by atoms with Gasteiger partial charge < -0.3 is 10.2 Å². The lowest BCUT2D eigenvalue weighted by molar-refractivity contribution is 0.145. The zero-order valence-electron chi connectivity index (χ0n) is 16.9. The Labute approximate surface area is 156 Å². The summed E-state index contributed by atoms with van der Waals surface area (Å²) in [5.74, 6) is 3.75. The molecule has 2 aliphatic carbocycles. The maximum atomic E-state index is 3.44. The standard InChI is InChI=1S/C23H42N2/c1-3-19-4-8-22(9-5-19)18-25-16-14-21(15-17-25)7-6-20-10-12-23(24-2)13-11-20/h6-7,19-24H,3-5,8-18H2,1-2H3. The monoisotopic (exact) mass is 346 g/mol. The average molecular weight is 347 g/mol. The van der Waals surface area contributed by atoms with E-state index in [0.717, 1.165) is 29.7 Å². The molecular weight excluding hydrogens is 304 g/mol. The molecule has 25 heavy (non-hydrogen) atoms. The van der Waals surface area contributed by atoms with E-state index in [1.54, 1.807) is 0 Å². The van der Waals surface area contributed by atoms with Crippen LogP contribution in [0.2, 0.25) is 0 Å². The maximum absolute atomic E-state index is 3.44. The second-order valence-electron chi connectivity index (χ2n) is 9.22. The van der Waals surface area contributed by atoms with Crippen LogP contribution < -0.4 is 5.32 Å². The Hall–Kier alpha value is -0.340. The Morgan fingerprint density at radius 2 is 1.32 bits per heavy atom. The number of hydrogen-bond donors (Lipinski definition) is 1. The van der Waals surface area contributed by atoms with E-state index < -0.39 is 0 Å². The molecule has 2 saturated carbocycles. The number of hydrogen-bond acceptors (Lipinski definition) is 2. The zero-order valence-corrected chi connectivity index (χ0v) is 16.9. The molecule has 3 aliphatic rings. The first-order chi connectivity index (χ1) is 12.3. The molecule has 0 atom stereocenters. The predicted octanol–water partition coefficient (Wildman–Crippen LogP) is 5.25. The quantitative estimate of drug-likeness (QED) is 0.661. The van der Waals surface area contributed by atoms with Gasteiger partial charge in [-0.15, -0.1) is 0 Å². The van der Waals surface area contributed by atoms with Crippen molar-refractivity contribution < 1.29 is 0 Å². The van der Waals surface area contributed by atoms with Crippen molar-refractivity contribution in [2.24, 2.45) is 23.7 Å². The molecule has 0 aromatic rings. The Morgan fingerprint density at radius 3 is 1.88 bits per heavy atom. The summed E-state index contributed by atoms with van der Waals surface area (Å²) in [6.45, 7) is 6.45. The molecule has 3 fully saturated rings. The summed E-state index contributed by atoms with van der Waals surface area (Å²) in [5, 5.41) is 3.44. The van der Waals surface area contributed by atoms with Gasteiger partial charge in [0.05, 0.1) is 0 Å². The molecule has 0 radical (unpaired) electrons. The molecule has 3 rings (SSSR count). The van der Waals surface area contributed by atoms with E-state index in [-0.39, 0.29) is 0 Å². The molecule has 0 bridgehead atoms. The lowest BCUT2D eigenvalue weighted by Gasteiger charge is -2.36. The van der Waals surface area contributed by atoms with Crippen LogP contribution in [-0.4, -0.2) is 37.6 Å². The van der Waals surface area contributed by atoms with Gasteiger partial charge in [-0.1, -0.05) is 38.3 Å². The minimum absolute atomic E-state index is 0.778. The molecule has 0 amide bonds. The lowest BCUT2D eigenvalue weighted by Crippen LogP contribution is -2.37. The largest absolute Gasteiger partial charge is 0.317 e. The van der Waals surface area contributed by atoms with Crippen LogP contribution in [-0.2, 0) is 0 Å². The molecule has 1 aliphatic heterocycles. The summed E-state index contributed by atoms with van der Waals surface area (Å²) in [7, 11) is 2.12. The first-order valence-corrected chi connectivity index (χ1v) is 11.3. The summed E-state index contributed by atoms with van der Waals surface area (Å²) in [5.41, 5.74) is 0. The highest BCUT2D eigenvalue weighted by molar-refractivity contribution is 4.97. The molecule has 0 spiro atoms. The summed E-state index contributed by atoms with van der Waals surface area (Å²) < 4.78 is 0. The minimum atomic E-state index is 0.778. The lowest BCUT2D eigenvalue weighted by atomic mass is 9.80. The van der Waals surface area contributed by atoms with Crippen molar-refractivity contribution in [3.8, 4) is 0 Å². The van der Waals surface area contributed by atoms with Gasteiger partial charge in [-0.25, -0.2) is 0 Å².